The largest absolute Gasteiger partial charge is 0.340 e. The molecule has 0 aliphatic rings. The maximum Gasteiger partial charge on any atom is 0.225 e. The van der Waals surface area contributed by atoms with Crippen LogP contribution in [0.3, 0.4) is 0 Å². The van der Waals surface area contributed by atoms with Gasteiger partial charge in [-0.1, -0.05) is 6.92 Å². The first-order valence-electron chi connectivity index (χ1n) is 4.75. The predicted molar refractivity (Wildman–Crippen MR) is 55.2 cm³/mol. The fourth-order valence-corrected chi connectivity index (χ4v) is 1.28. The Morgan fingerprint density at radius 1 is 1.47 bits per heavy atom. The van der Waals surface area contributed by atoms with Crippen molar-refractivity contribution in [3.63, 3.8) is 0 Å². The number of fused-ring (bicyclic) bond motifs is 1. The monoisotopic (exact) mass is 205 g/mol. The average Bonchev–Trinajstić information content (AvgIpc) is 2.67. The summed E-state index contributed by atoms with van der Waals surface area (Å²) in [7, 11) is 0. The van der Waals surface area contributed by atoms with Gasteiger partial charge < -0.3 is 10.3 Å². The highest BCUT2D eigenvalue weighted by molar-refractivity contribution is 5.96. The summed E-state index contributed by atoms with van der Waals surface area (Å²) in [5.74, 6) is 0.433. The fourth-order valence-electron chi connectivity index (χ4n) is 1.28. The normalized spacial score (nSPS) is 10.5. The minimum atomic E-state index is -0.0490. The Morgan fingerprint density at radius 3 is 3.13 bits per heavy atom. The van der Waals surface area contributed by atoms with Crippen LogP contribution in [-0.2, 0) is 4.79 Å². The SMILES string of the molecule is CCCC(=O)Nc1ncnc2nc[nH]c12. The van der Waals surface area contributed by atoms with Crippen molar-refractivity contribution in [1.29, 1.82) is 0 Å². The summed E-state index contributed by atoms with van der Waals surface area (Å²) in [6.07, 6.45) is 4.20. The summed E-state index contributed by atoms with van der Waals surface area (Å²) >= 11 is 0. The van der Waals surface area contributed by atoms with Gasteiger partial charge in [-0.2, -0.15) is 0 Å². The van der Waals surface area contributed by atoms with Gasteiger partial charge in [-0.3, -0.25) is 4.79 Å². The van der Waals surface area contributed by atoms with Gasteiger partial charge in [0.2, 0.25) is 5.91 Å². The van der Waals surface area contributed by atoms with Crippen molar-refractivity contribution in [1.82, 2.24) is 19.9 Å². The molecule has 2 heterocycles. The third-order valence-corrected chi connectivity index (χ3v) is 1.96. The molecule has 15 heavy (non-hydrogen) atoms. The van der Waals surface area contributed by atoms with Crippen LogP contribution < -0.4 is 5.32 Å². The Hall–Kier alpha value is -1.98. The van der Waals surface area contributed by atoms with E-state index in [9.17, 15) is 4.79 Å². The molecule has 2 aromatic heterocycles. The summed E-state index contributed by atoms with van der Waals surface area (Å²) in [6.45, 7) is 1.95. The maximum absolute atomic E-state index is 11.4. The highest BCUT2D eigenvalue weighted by Gasteiger charge is 2.08. The highest BCUT2D eigenvalue weighted by atomic mass is 16.1. The zero-order valence-electron chi connectivity index (χ0n) is 8.32. The summed E-state index contributed by atoms with van der Waals surface area (Å²) < 4.78 is 0. The third kappa shape index (κ3) is 1.93. The van der Waals surface area contributed by atoms with Crippen molar-refractivity contribution >= 4 is 22.9 Å². The number of nitrogens with one attached hydrogen (secondary N) is 2. The second-order valence-corrected chi connectivity index (χ2v) is 3.12. The molecule has 0 bridgehead atoms. The zero-order valence-corrected chi connectivity index (χ0v) is 8.32. The quantitative estimate of drug-likeness (QED) is 0.785. The lowest BCUT2D eigenvalue weighted by Gasteiger charge is -2.02. The van der Waals surface area contributed by atoms with Crippen molar-refractivity contribution in [2.45, 2.75) is 19.8 Å². The number of anilines is 1. The smallest absolute Gasteiger partial charge is 0.225 e. The Morgan fingerprint density at radius 2 is 2.33 bits per heavy atom. The molecule has 0 fully saturated rings. The van der Waals surface area contributed by atoms with E-state index in [0.717, 1.165) is 6.42 Å². The maximum atomic E-state index is 11.4. The summed E-state index contributed by atoms with van der Waals surface area (Å²) in [5.41, 5.74) is 1.21. The molecule has 6 heteroatoms. The van der Waals surface area contributed by atoms with Crippen molar-refractivity contribution in [2.24, 2.45) is 0 Å². The van der Waals surface area contributed by atoms with E-state index in [0.29, 0.717) is 23.4 Å². The van der Waals surface area contributed by atoms with E-state index in [1.807, 2.05) is 6.92 Å². The average molecular weight is 205 g/mol. The molecule has 2 rings (SSSR count). The van der Waals surface area contributed by atoms with Crippen molar-refractivity contribution in [2.75, 3.05) is 5.32 Å². The van der Waals surface area contributed by atoms with Crippen molar-refractivity contribution in [3.8, 4) is 0 Å². The molecular weight excluding hydrogens is 194 g/mol. The van der Waals surface area contributed by atoms with Gasteiger partial charge >= 0.3 is 0 Å². The van der Waals surface area contributed by atoms with Crippen LogP contribution in [0.25, 0.3) is 11.2 Å². The van der Waals surface area contributed by atoms with Gasteiger partial charge in [0.15, 0.2) is 11.5 Å². The second kappa shape index (κ2) is 4.04. The van der Waals surface area contributed by atoms with E-state index < -0.39 is 0 Å². The molecule has 0 radical (unpaired) electrons. The molecule has 2 aromatic rings. The molecule has 0 aliphatic carbocycles. The third-order valence-electron chi connectivity index (χ3n) is 1.96. The molecule has 0 atom stereocenters. The molecule has 0 aromatic carbocycles. The van der Waals surface area contributed by atoms with E-state index in [4.69, 9.17) is 0 Å². The number of H-pyrrole nitrogens is 1. The first-order chi connectivity index (χ1) is 7.31. The Balaban J connectivity index is 2.27. The number of aromatic amines is 1. The van der Waals surface area contributed by atoms with Gasteiger partial charge in [0.05, 0.1) is 6.33 Å². The van der Waals surface area contributed by atoms with Gasteiger partial charge in [-0.15, -0.1) is 0 Å². The van der Waals surface area contributed by atoms with Crippen LogP contribution in [0.5, 0.6) is 0 Å². The van der Waals surface area contributed by atoms with Crippen LogP contribution in [0.15, 0.2) is 12.7 Å². The van der Waals surface area contributed by atoms with Crippen LogP contribution in [-0.4, -0.2) is 25.8 Å². The number of rotatable bonds is 3. The lowest BCUT2D eigenvalue weighted by atomic mass is 10.3. The Kier molecular flexibility index (Phi) is 2.57. The van der Waals surface area contributed by atoms with E-state index in [1.54, 1.807) is 0 Å². The van der Waals surface area contributed by atoms with Crippen LogP contribution in [0.2, 0.25) is 0 Å². The number of amides is 1. The Bertz CT molecular complexity index is 478. The first kappa shape index (κ1) is 9.57. The number of carbonyl (C=O) groups excluding carboxylic acids is 1. The van der Waals surface area contributed by atoms with Gasteiger partial charge in [0, 0.05) is 6.42 Å². The van der Waals surface area contributed by atoms with E-state index in [2.05, 4.69) is 25.3 Å². The lowest BCUT2D eigenvalue weighted by molar-refractivity contribution is -0.116. The standard InChI is InChI=1S/C9H11N5O/c1-2-3-6(15)14-9-7-8(11-4-10-7)12-5-13-9/h4-5H,2-3H2,1H3,(H2,10,11,12,13,14,15). The molecule has 0 saturated heterocycles. The number of nitrogens with zero attached hydrogens (tertiary/aromatic N) is 3. The molecule has 1 amide bonds. The summed E-state index contributed by atoms with van der Waals surface area (Å²) in [6, 6.07) is 0. The molecule has 78 valence electrons. The fraction of sp³-hybridized carbons (Fsp3) is 0.333. The highest BCUT2D eigenvalue weighted by Crippen LogP contribution is 2.14. The van der Waals surface area contributed by atoms with Gasteiger partial charge in [0.25, 0.3) is 0 Å². The number of imidazole rings is 1. The molecule has 0 unspecified atom stereocenters. The van der Waals surface area contributed by atoms with Crippen molar-refractivity contribution in [3.05, 3.63) is 12.7 Å². The van der Waals surface area contributed by atoms with Crippen LogP contribution in [0.1, 0.15) is 19.8 Å². The van der Waals surface area contributed by atoms with Gasteiger partial charge in [0.1, 0.15) is 11.8 Å². The molecule has 0 spiro atoms. The van der Waals surface area contributed by atoms with E-state index in [1.165, 1.54) is 12.7 Å². The van der Waals surface area contributed by atoms with Crippen molar-refractivity contribution < 1.29 is 4.79 Å². The molecule has 2 N–H and O–H groups in total. The molecule has 6 nitrogen and oxygen atoms in total. The minimum absolute atomic E-state index is 0.0490. The second-order valence-electron chi connectivity index (χ2n) is 3.12. The minimum Gasteiger partial charge on any atom is -0.340 e. The van der Waals surface area contributed by atoms with Crippen LogP contribution >= 0.6 is 0 Å². The summed E-state index contributed by atoms with van der Waals surface area (Å²) in [4.78, 5) is 26.2. The number of hydrogen-bond donors (Lipinski definition) is 2. The van der Waals surface area contributed by atoms with E-state index in [-0.39, 0.29) is 5.91 Å². The van der Waals surface area contributed by atoms with Crippen LogP contribution in [0.4, 0.5) is 5.82 Å². The van der Waals surface area contributed by atoms with Crippen LogP contribution in [0, 0.1) is 0 Å². The number of carbonyl (C=O) groups is 1. The predicted octanol–water partition coefficient (Wildman–Crippen LogP) is 1.09. The lowest BCUT2D eigenvalue weighted by Crippen LogP contribution is -2.12. The zero-order chi connectivity index (χ0) is 10.7. The first-order valence-corrected chi connectivity index (χ1v) is 4.75. The van der Waals surface area contributed by atoms with Gasteiger partial charge in [-0.05, 0) is 6.42 Å². The van der Waals surface area contributed by atoms with E-state index >= 15 is 0 Å². The summed E-state index contributed by atoms with van der Waals surface area (Å²) in [5, 5.41) is 2.71. The number of aromatic nitrogens is 4. The Labute approximate surface area is 86.2 Å². The number of hydrogen-bond acceptors (Lipinski definition) is 4. The van der Waals surface area contributed by atoms with Gasteiger partial charge in [-0.25, -0.2) is 15.0 Å². The molecule has 0 aliphatic heterocycles. The topological polar surface area (TPSA) is 83.6 Å². The molecular formula is C9H11N5O. The molecule has 0 saturated carbocycles.